The maximum absolute atomic E-state index is 13.2. The molecule has 0 aliphatic heterocycles. The van der Waals surface area contributed by atoms with Crippen LogP contribution in [0.5, 0.6) is 11.5 Å². The second kappa shape index (κ2) is 9.55. The van der Waals surface area contributed by atoms with E-state index in [1.807, 2.05) is 0 Å². The number of hydrogen-bond donors (Lipinski definition) is 2. The smallest absolute Gasteiger partial charge is 0.387 e. The molecule has 0 bridgehead atoms. The van der Waals surface area contributed by atoms with Gasteiger partial charge < -0.3 is 20.1 Å². The van der Waals surface area contributed by atoms with Crippen molar-refractivity contribution in [3.63, 3.8) is 0 Å². The molecule has 0 radical (unpaired) electrons. The third kappa shape index (κ3) is 5.87. The summed E-state index contributed by atoms with van der Waals surface area (Å²) in [5.74, 6) is 0.554. The van der Waals surface area contributed by atoms with Crippen molar-refractivity contribution in [2.45, 2.75) is 19.7 Å². The second-order valence-corrected chi connectivity index (χ2v) is 5.26. The SMILES string of the molecule is CN=C(NCc1cccc(F)c1)NCc1ccc(OC)cc1OC(F)F. The van der Waals surface area contributed by atoms with Gasteiger partial charge in [-0.05, 0) is 29.8 Å². The van der Waals surface area contributed by atoms with Crippen molar-refractivity contribution in [3.05, 3.63) is 59.4 Å². The molecule has 2 rings (SSSR count). The highest BCUT2D eigenvalue weighted by Crippen LogP contribution is 2.26. The number of halogens is 3. The number of guanidine groups is 1. The van der Waals surface area contributed by atoms with Gasteiger partial charge in [0, 0.05) is 31.8 Å². The maximum atomic E-state index is 13.2. The molecule has 0 heterocycles. The molecule has 2 aromatic carbocycles. The van der Waals surface area contributed by atoms with Crippen LogP contribution in [0.1, 0.15) is 11.1 Å². The van der Waals surface area contributed by atoms with E-state index in [1.165, 1.54) is 25.3 Å². The van der Waals surface area contributed by atoms with E-state index < -0.39 is 6.61 Å². The van der Waals surface area contributed by atoms with E-state index in [9.17, 15) is 13.2 Å². The highest BCUT2D eigenvalue weighted by molar-refractivity contribution is 5.79. The van der Waals surface area contributed by atoms with Crippen LogP contribution in [0.3, 0.4) is 0 Å². The van der Waals surface area contributed by atoms with Crippen molar-refractivity contribution in [3.8, 4) is 11.5 Å². The van der Waals surface area contributed by atoms with Gasteiger partial charge in [-0.3, -0.25) is 4.99 Å². The molecular weight excluding hydrogens is 347 g/mol. The van der Waals surface area contributed by atoms with E-state index >= 15 is 0 Å². The first-order valence-electron chi connectivity index (χ1n) is 7.82. The normalized spacial score (nSPS) is 11.4. The Kier molecular flexibility index (Phi) is 7.13. The van der Waals surface area contributed by atoms with Crippen LogP contribution in [0.2, 0.25) is 0 Å². The number of alkyl halides is 2. The average molecular weight is 367 g/mol. The lowest BCUT2D eigenvalue weighted by Crippen LogP contribution is -2.36. The molecule has 2 aromatic rings. The molecule has 0 aliphatic carbocycles. The van der Waals surface area contributed by atoms with Crippen molar-refractivity contribution in [2.24, 2.45) is 4.99 Å². The fourth-order valence-electron chi connectivity index (χ4n) is 2.25. The number of nitrogens with zero attached hydrogens (tertiary/aromatic N) is 1. The van der Waals surface area contributed by atoms with Crippen molar-refractivity contribution >= 4 is 5.96 Å². The first kappa shape index (κ1) is 19.4. The Bertz CT molecular complexity index is 754. The Morgan fingerprint density at radius 1 is 1.12 bits per heavy atom. The van der Waals surface area contributed by atoms with E-state index in [-0.39, 0.29) is 18.1 Å². The molecule has 5 nitrogen and oxygen atoms in total. The summed E-state index contributed by atoms with van der Waals surface area (Å²) in [5.41, 5.74) is 1.26. The van der Waals surface area contributed by atoms with E-state index in [2.05, 4.69) is 20.4 Å². The minimum absolute atomic E-state index is 0.0208. The van der Waals surface area contributed by atoms with Crippen molar-refractivity contribution in [1.82, 2.24) is 10.6 Å². The van der Waals surface area contributed by atoms with Gasteiger partial charge in [-0.2, -0.15) is 8.78 Å². The fraction of sp³-hybridized carbons (Fsp3) is 0.278. The molecule has 0 saturated carbocycles. The number of hydrogen-bond acceptors (Lipinski definition) is 3. The minimum Gasteiger partial charge on any atom is -0.497 e. The Morgan fingerprint density at radius 3 is 2.54 bits per heavy atom. The zero-order chi connectivity index (χ0) is 18.9. The van der Waals surface area contributed by atoms with Crippen LogP contribution >= 0.6 is 0 Å². The first-order valence-corrected chi connectivity index (χ1v) is 7.82. The van der Waals surface area contributed by atoms with Gasteiger partial charge in [0.05, 0.1) is 7.11 Å². The molecule has 2 N–H and O–H groups in total. The average Bonchev–Trinajstić information content (AvgIpc) is 2.62. The summed E-state index contributed by atoms with van der Waals surface area (Å²) in [4.78, 5) is 4.05. The third-order valence-electron chi connectivity index (χ3n) is 3.51. The van der Waals surface area contributed by atoms with Gasteiger partial charge in [-0.25, -0.2) is 4.39 Å². The number of nitrogens with one attached hydrogen (secondary N) is 2. The maximum Gasteiger partial charge on any atom is 0.387 e. The minimum atomic E-state index is -2.94. The lowest BCUT2D eigenvalue weighted by molar-refractivity contribution is -0.0505. The van der Waals surface area contributed by atoms with Crippen molar-refractivity contribution in [2.75, 3.05) is 14.2 Å². The van der Waals surface area contributed by atoms with Gasteiger partial charge in [0.25, 0.3) is 0 Å². The number of rotatable bonds is 7. The Labute approximate surface area is 149 Å². The predicted octanol–water partition coefficient (Wildman–Crippen LogP) is 3.30. The van der Waals surface area contributed by atoms with Gasteiger partial charge in [-0.1, -0.05) is 12.1 Å². The summed E-state index contributed by atoms with van der Waals surface area (Å²) in [6.45, 7) is -2.37. The molecule has 0 aliphatic rings. The lowest BCUT2D eigenvalue weighted by atomic mass is 10.2. The molecule has 0 aromatic heterocycles. The molecule has 140 valence electrons. The third-order valence-corrected chi connectivity index (χ3v) is 3.51. The van der Waals surface area contributed by atoms with Crippen LogP contribution < -0.4 is 20.1 Å². The first-order chi connectivity index (χ1) is 12.5. The molecule has 26 heavy (non-hydrogen) atoms. The van der Waals surface area contributed by atoms with Gasteiger partial charge in [0.2, 0.25) is 0 Å². The molecule has 0 unspecified atom stereocenters. The highest BCUT2D eigenvalue weighted by Gasteiger charge is 2.12. The Balaban J connectivity index is 1.99. The summed E-state index contributed by atoms with van der Waals surface area (Å²) >= 11 is 0. The summed E-state index contributed by atoms with van der Waals surface area (Å²) in [6.07, 6.45) is 0. The van der Waals surface area contributed by atoms with E-state index in [4.69, 9.17) is 4.74 Å². The van der Waals surface area contributed by atoms with Crippen molar-refractivity contribution in [1.29, 1.82) is 0 Å². The van der Waals surface area contributed by atoms with Crippen LogP contribution in [0.25, 0.3) is 0 Å². The van der Waals surface area contributed by atoms with E-state index in [1.54, 1.807) is 31.3 Å². The zero-order valence-electron chi connectivity index (χ0n) is 14.4. The highest BCUT2D eigenvalue weighted by atomic mass is 19.3. The Hall–Kier alpha value is -2.90. The van der Waals surface area contributed by atoms with Crippen molar-refractivity contribution < 1.29 is 22.6 Å². The molecule has 0 atom stereocenters. The summed E-state index contributed by atoms with van der Waals surface area (Å²) in [6, 6.07) is 10.9. The standard InChI is InChI=1S/C18H20F3N3O2/c1-22-18(23-10-12-4-3-5-14(19)8-12)24-11-13-6-7-15(25-2)9-16(13)26-17(20)21/h3-9,17H,10-11H2,1-2H3,(H2,22,23,24). The van der Waals surface area contributed by atoms with Crippen LogP contribution in [0.4, 0.5) is 13.2 Å². The largest absolute Gasteiger partial charge is 0.497 e. The molecule has 8 heteroatoms. The number of aliphatic imine (C=N–C) groups is 1. The van der Waals surface area contributed by atoms with Gasteiger partial charge >= 0.3 is 6.61 Å². The van der Waals surface area contributed by atoms with Crippen LogP contribution in [-0.2, 0) is 13.1 Å². The molecule has 0 saturated heterocycles. The summed E-state index contributed by atoms with van der Waals surface area (Å²) in [5, 5.41) is 6.03. The summed E-state index contributed by atoms with van der Waals surface area (Å²) in [7, 11) is 3.02. The summed E-state index contributed by atoms with van der Waals surface area (Å²) < 4.78 is 47.9. The molecular formula is C18H20F3N3O2. The van der Waals surface area contributed by atoms with Crippen LogP contribution in [-0.4, -0.2) is 26.7 Å². The lowest BCUT2D eigenvalue weighted by Gasteiger charge is -2.15. The number of ether oxygens (including phenoxy) is 2. The van der Waals surface area contributed by atoms with Gasteiger partial charge in [0.1, 0.15) is 17.3 Å². The molecule has 0 amide bonds. The topological polar surface area (TPSA) is 54.9 Å². The second-order valence-electron chi connectivity index (χ2n) is 5.26. The van der Waals surface area contributed by atoms with Gasteiger partial charge in [0.15, 0.2) is 5.96 Å². The van der Waals surface area contributed by atoms with Crippen LogP contribution in [0, 0.1) is 5.82 Å². The van der Waals surface area contributed by atoms with Crippen LogP contribution in [0.15, 0.2) is 47.5 Å². The molecule has 0 spiro atoms. The molecule has 0 fully saturated rings. The Morgan fingerprint density at radius 2 is 1.88 bits per heavy atom. The fourth-order valence-corrected chi connectivity index (χ4v) is 2.25. The van der Waals surface area contributed by atoms with Gasteiger partial charge in [-0.15, -0.1) is 0 Å². The number of benzene rings is 2. The van der Waals surface area contributed by atoms with E-state index in [0.29, 0.717) is 23.8 Å². The van der Waals surface area contributed by atoms with E-state index in [0.717, 1.165) is 5.56 Å². The predicted molar refractivity (Wildman–Crippen MR) is 93.1 cm³/mol. The quantitative estimate of drug-likeness (QED) is 0.582. The monoisotopic (exact) mass is 367 g/mol. The zero-order valence-corrected chi connectivity index (χ0v) is 14.4. The number of methoxy groups -OCH3 is 1.